The molecule has 2 amide bonds. The SMILES string of the molecule is CCC(CC)(C(=O)N1C(=O)OC[C@H]1Cc1ccccc1)P(=O)(O)O. The fourth-order valence-corrected chi connectivity index (χ4v) is 4.24. The van der Waals surface area contributed by atoms with Crippen molar-refractivity contribution in [2.45, 2.75) is 44.3 Å². The molecule has 0 radical (unpaired) electrons. The van der Waals surface area contributed by atoms with Crippen LogP contribution in [0.5, 0.6) is 0 Å². The third-order valence-corrected chi connectivity index (χ3v) is 6.56. The van der Waals surface area contributed by atoms with Crippen LogP contribution in [0, 0.1) is 0 Å². The van der Waals surface area contributed by atoms with Gasteiger partial charge >= 0.3 is 13.7 Å². The molecule has 1 aliphatic rings. The number of carbonyl (C=O) groups is 2. The first-order chi connectivity index (χ1) is 11.3. The first kappa shape index (κ1) is 18.6. The van der Waals surface area contributed by atoms with Crippen LogP contribution in [0.4, 0.5) is 4.79 Å². The molecule has 2 N–H and O–H groups in total. The largest absolute Gasteiger partial charge is 0.447 e. The zero-order chi connectivity index (χ0) is 18.0. The smallest absolute Gasteiger partial charge is 0.417 e. The lowest BCUT2D eigenvalue weighted by Crippen LogP contribution is -2.52. The fourth-order valence-electron chi connectivity index (χ4n) is 3.06. The minimum Gasteiger partial charge on any atom is -0.447 e. The molecule has 132 valence electrons. The van der Waals surface area contributed by atoms with Crippen LogP contribution in [0.25, 0.3) is 0 Å². The fraction of sp³-hybridized carbons (Fsp3) is 0.500. The van der Waals surface area contributed by atoms with Crippen molar-refractivity contribution in [2.24, 2.45) is 0 Å². The zero-order valence-corrected chi connectivity index (χ0v) is 14.6. The maximum absolute atomic E-state index is 12.9. The minimum atomic E-state index is -4.75. The van der Waals surface area contributed by atoms with Crippen molar-refractivity contribution in [1.82, 2.24) is 4.90 Å². The highest BCUT2D eigenvalue weighted by atomic mass is 31.2. The minimum absolute atomic E-state index is 0.0180. The summed E-state index contributed by atoms with van der Waals surface area (Å²) in [5, 5.41) is -1.90. The molecule has 2 rings (SSSR count). The number of benzene rings is 1. The molecular weight excluding hydrogens is 333 g/mol. The number of ether oxygens (including phenoxy) is 1. The van der Waals surface area contributed by atoms with Crippen molar-refractivity contribution >= 4 is 19.6 Å². The Bertz CT molecular complexity index is 652. The Morgan fingerprint density at radius 1 is 1.29 bits per heavy atom. The van der Waals surface area contributed by atoms with Gasteiger partial charge in [-0.05, 0) is 24.8 Å². The molecule has 1 aromatic carbocycles. The van der Waals surface area contributed by atoms with Crippen molar-refractivity contribution < 1.29 is 28.7 Å². The van der Waals surface area contributed by atoms with E-state index in [4.69, 9.17) is 4.74 Å². The number of rotatable bonds is 6. The van der Waals surface area contributed by atoms with E-state index in [1.165, 1.54) is 13.8 Å². The van der Waals surface area contributed by atoms with E-state index in [1.54, 1.807) is 0 Å². The summed E-state index contributed by atoms with van der Waals surface area (Å²) in [7, 11) is -4.75. The Morgan fingerprint density at radius 3 is 2.38 bits per heavy atom. The standard InChI is InChI=1S/C16H22NO6P/c1-3-16(4-2,24(20,21)22)14(18)17-13(11-23-15(17)19)10-12-8-6-5-7-9-12/h5-9,13H,3-4,10-11H2,1-2H3,(H2,20,21,22)/t13-/m1/s1. The Kier molecular flexibility index (Phi) is 5.48. The number of hydrogen-bond acceptors (Lipinski definition) is 4. The van der Waals surface area contributed by atoms with Crippen LogP contribution in [0.15, 0.2) is 30.3 Å². The Labute approximate surface area is 140 Å². The van der Waals surface area contributed by atoms with Crippen molar-refractivity contribution in [3.63, 3.8) is 0 Å². The van der Waals surface area contributed by atoms with Gasteiger partial charge in [0.15, 0.2) is 5.16 Å². The first-order valence-corrected chi connectivity index (χ1v) is 9.48. The highest BCUT2D eigenvalue weighted by Gasteiger charge is 2.56. The first-order valence-electron chi connectivity index (χ1n) is 7.86. The molecule has 1 fully saturated rings. The molecule has 0 aliphatic carbocycles. The van der Waals surface area contributed by atoms with Gasteiger partial charge < -0.3 is 14.5 Å². The van der Waals surface area contributed by atoms with E-state index in [0.717, 1.165) is 10.5 Å². The summed E-state index contributed by atoms with van der Waals surface area (Å²) >= 11 is 0. The van der Waals surface area contributed by atoms with E-state index in [1.807, 2.05) is 30.3 Å². The summed E-state index contributed by atoms with van der Waals surface area (Å²) in [5.41, 5.74) is 0.911. The number of imide groups is 1. The maximum atomic E-state index is 12.9. The Hall–Kier alpha value is -1.69. The van der Waals surface area contributed by atoms with Crippen LogP contribution in [0.2, 0.25) is 0 Å². The van der Waals surface area contributed by atoms with Gasteiger partial charge in [-0.3, -0.25) is 9.36 Å². The third kappa shape index (κ3) is 3.24. The van der Waals surface area contributed by atoms with E-state index in [0.29, 0.717) is 6.42 Å². The second kappa shape index (κ2) is 7.05. The molecule has 8 heteroatoms. The topological polar surface area (TPSA) is 104 Å². The van der Waals surface area contributed by atoms with E-state index in [-0.39, 0.29) is 19.4 Å². The van der Waals surface area contributed by atoms with Gasteiger partial charge in [0.25, 0.3) is 5.91 Å². The van der Waals surface area contributed by atoms with Crippen LogP contribution in [0.1, 0.15) is 32.3 Å². The third-order valence-electron chi connectivity index (χ3n) is 4.62. The van der Waals surface area contributed by atoms with Crippen molar-refractivity contribution in [3.8, 4) is 0 Å². The number of nitrogens with zero attached hydrogens (tertiary/aromatic N) is 1. The molecule has 24 heavy (non-hydrogen) atoms. The van der Waals surface area contributed by atoms with E-state index >= 15 is 0 Å². The van der Waals surface area contributed by atoms with Crippen molar-refractivity contribution in [1.29, 1.82) is 0 Å². The number of carbonyl (C=O) groups excluding carboxylic acids is 2. The maximum Gasteiger partial charge on any atom is 0.417 e. The summed E-state index contributed by atoms with van der Waals surface area (Å²) in [6.07, 6.45) is -0.591. The Morgan fingerprint density at radius 2 is 1.88 bits per heavy atom. The molecule has 0 saturated carbocycles. The average molecular weight is 355 g/mol. The molecule has 0 spiro atoms. The van der Waals surface area contributed by atoms with Crippen LogP contribution in [-0.2, 0) is 20.5 Å². The number of hydrogen-bond donors (Lipinski definition) is 2. The predicted octanol–water partition coefficient (Wildman–Crippen LogP) is 2.31. The number of cyclic esters (lactones) is 1. The monoisotopic (exact) mass is 355 g/mol. The van der Waals surface area contributed by atoms with Gasteiger partial charge in [-0.25, -0.2) is 9.69 Å². The van der Waals surface area contributed by atoms with Gasteiger partial charge in [-0.1, -0.05) is 44.2 Å². The molecule has 1 aromatic rings. The average Bonchev–Trinajstić information content (AvgIpc) is 2.89. The zero-order valence-electron chi connectivity index (χ0n) is 13.7. The van der Waals surface area contributed by atoms with Gasteiger partial charge in [-0.2, -0.15) is 0 Å². The summed E-state index contributed by atoms with van der Waals surface area (Å²) in [4.78, 5) is 45.3. The molecule has 1 atom stereocenters. The molecule has 1 aliphatic heterocycles. The van der Waals surface area contributed by atoms with Crippen LogP contribution < -0.4 is 0 Å². The van der Waals surface area contributed by atoms with E-state index in [2.05, 4.69) is 0 Å². The molecule has 1 heterocycles. The summed E-state index contributed by atoms with van der Waals surface area (Å²) in [6, 6.07) is 8.70. The normalized spacial score (nSPS) is 18.6. The van der Waals surface area contributed by atoms with E-state index in [9.17, 15) is 23.9 Å². The molecule has 0 unspecified atom stereocenters. The van der Waals surface area contributed by atoms with E-state index < -0.39 is 30.8 Å². The highest BCUT2D eigenvalue weighted by Crippen LogP contribution is 2.55. The van der Waals surface area contributed by atoms with Crippen LogP contribution >= 0.6 is 7.60 Å². The van der Waals surface area contributed by atoms with Crippen LogP contribution in [-0.4, -0.2) is 44.5 Å². The molecule has 7 nitrogen and oxygen atoms in total. The van der Waals surface area contributed by atoms with Crippen molar-refractivity contribution in [2.75, 3.05) is 6.61 Å². The van der Waals surface area contributed by atoms with Gasteiger partial charge in [-0.15, -0.1) is 0 Å². The second-order valence-electron chi connectivity index (χ2n) is 5.88. The summed E-state index contributed by atoms with van der Waals surface area (Å²) < 4.78 is 17.0. The van der Waals surface area contributed by atoms with Gasteiger partial charge in [0.1, 0.15) is 6.61 Å². The summed E-state index contributed by atoms with van der Waals surface area (Å²) in [6.45, 7) is 3.09. The number of amides is 2. The highest BCUT2D eigenvalue weighted by molar-refractivity contribution is 7.54. The van der Waals surface area contributed by atoms with Gasteiger partial charge in [0, 0.05) is 0 Å². The second-order valence-corrected chi connectivity index (χ2v) is 7.82. The molecule has 1 saturated heterocycles. The lowest BCUT2D eigenvalue weighted by atomic mass is 9.98. The van der Waals surface area contributed by atoms with Gasteiger partial charge in [0.05, 0.1) is 6.04 Å². The Balaban J connectivity index is 2.34. The lowest BCUT2D eigenvalue weighted by Gasteiger charge is -2.34. The molecule has 0 aromatic heterocycles. The quantitative estimate of drug-likeness (QED) is 0.759. The molecular formula is C16H22NO6P. The molecule has 0 bridgehead atoms. The lowest BCUT2D eigenvalue weighted by molar-refractivity contribution is -0.132. The van der Waals surface area contributed by atoms with Crippen LogP contribution in [0.3, 0.4) is 0 Å². The summed E-state index contributed by atoms with van der Waals surface area (Å²) in [5.74, 6) is -0.857. The predicted molar refractivity (Wildman–Crippen MR) is 87.5 cm³/mol. The van der Waals surface area contributed by atoms with Crippen molar-refractivity contribution in [3.05, 3.63) is 35.9 Å². The van der Waals surface area contributed by atoms with Gasteiger partial charge in [0.2, 0.25) is 0 Å².